The van der Waals surface area contributed by atoms with Crippen LogP contribution >= 0.6 is 0 Å². The van der Waals surface area contributed by atoms with Crippen molar-refractivity contribution in [3.63, 3.8) is 0 Å². The van der Waals surface area contributed by atoms with Crippen molar-refractivity contribution < 1.29 is 4.79 Å². The molecule has 2 heteroatoms. The summed E-state index contributed by atoms with van der Waals surface area (Å²) >= 11 is 0. The Bertz CT molecular complexity index is 490. The van der Waals surface area contributed by atoms with E-state index in [0.717, 1.165) is 13.1 Å². The van der Waals surface area contributed by atoms with Crippen molar-refractivity contribution in [2.45, 2.75) is 31.6 Å². The van der Waals surface area contributed by atoms with Crippen LogP contribution in [0.15, 0.2) is 24.3 Å². The van der Waals surface area contributed by atoms with Crippen molar-refractivity contribution in [1.29, 1.82) is 0 Å². The molecule has 1 aliphatic heterocycles. The van der Waals surface area contributed by atoms with Gasteiger partial charge in [-0.15, -0.1) is 0 Å². The second-order valence-electron chi connectivity index (χ2n) is 5.99. The molecular weight excluding hydrogens is 222 g/mol. The Morgan fingerprint density at radius 1 is 1.17 bits per heavy atom. The number of hydrogen-bond donors (Lipinski definition) is 0. The van der Waals surface area contributed by atoms with Crippen LogP contribution in [-0.2, 0) is 11.2 Å². The number of rotatable bonds is 1. The van der Waals surface area contributed by atoms with Crippen molar-refractivity contribution in [1.82, 2.24) is 4.90 Å². The molecule has 3 unspecified atom stereocenters. The summed E-state index contributed by atoms with van der Waals surface area (Å²) in [5, 5.41) is 0. The predicted octanol–water partition coefficient (Wildman–Crippen LogP) is 2.58. The lowest BCUT2D eigenvalue weighted by Gasteiger charge is -2.15. The molecule has 4 rings (SSSR count). The van der Waals surface area contributed by atoms with Gasteiger partial charge in [-0.3, -0.25) is 4.79 Å². The first-order valence-electron chi connectivity index (χ1n) is 7.23. The first-order valence-corrected chi connectivity index (χ1v) is 7.23. The SMILES string of the molecule is O=C(C1C2CCc3ccccc3C21)N1CCCC1. The molecule has 18 heavy (non-hydrogen) atoms. The van der Waals surface area contributed by atoms with Crippen molar-refractivity contribution in [2.24, 2.45) is 11.8 Å². The van der Waals surface area contributed by atoms with Gasteiger partial charge in [0.25, 0.3) is 0 Å². The fourth-order valence-electron chi connectivity index (χ4n) is 4.05. The number of hydrogen-bond acceptors (Lipinski definition) is 1. The van der Waals surface area contributed by atoms with Gasteiger partial charge in [-0.2, -0.15) is 0 Å². The summed E-state index contributed by atoms with van der Waals surface area (Å²) in [6, 6.07) is 8.72. The smallest absolute Gasteiger partial charge is 0.226 e. The molecule has 94 valence electrons. The lowest BCUT2D eigenvalue weighted by Crippen LogP contribution is -2.29. The largest absolute Gasteiger partial charge is 0.342 e. The molecule has 1 amide bonds. The number of fused-ring (bicyclic) bond motifs is 3. The highest BCUT2D eigenvalue weighted by atomic mass is 16.2. The monoisotopic (exact) mass is 241 g/mol. The second kappa shape index (κ2) is 3.84. The van der Waals surface area contributed by atoms with Crippen LogP contribution in [-0.4, -0.2) is 23.9 Å². The Balaban J connectivity index is 1.59. The summed E-state index contributed by atoms with van der Waals surface area (Å²) in [6.45, 7) is 1.99. The third-order valence-electron chi connectivity index (χ3n) is 5.03. The van der Waals surface area contributed by atoms with Gasteiger partial charge in [0, 0.05) is 19.0 Å². The number of benzene rings is 1. The first kappa shape index (κ1) is 10.6. The Morgan fingerprint density at radius 3 is 2.78 bits per heavy atom. The van der Waals surface area contributed by atoms with Gasteiger partial charge in [-0.25, -0.2) is 0 Å². The lowest BCUT2D eigenvalue weighted by molar-refractivity contribution is -0.131. The van der Waals surface area contributed by atoms with Gasteiger partial charge < -0.3 is 4.90 Å². The minimum atomic E-state index is 0.312. The fourth-order valence-corrected chi connectivity index (χ4v) is 4.05. The Hall–Kier alpha value is -1.31. The fraction of sp³-hybridized carbons (Fsp3) is 0.562. The van der Waals surface area contributed by atoms with E-state index < -0.39 is 0 Å². The molecule has 3 atom stereocenters. The number of carbonyl (C=O) groups is 1. The normalized spacial score (nSPS) is 32.9. The van der Waals surface area contributed by atoms with Crippen LogP contribution in [0.4, 0.5) is 0 Å². The Morgan fingerprint density at radius 2 is 1.94 bits per heavy atom. The molecule has 0 N–H and O–H groups in total. The minimum absolute atomic E-state index is 0.312. The third kappa shape index (κ3) is 1.44. The summed E-state index contributed by atoms with van der Waals surface area (Å²) in [5.74, 6) is 1.95. The zero-order valence-corrected chi connectivity index (χ0v) is 10.6. The van der Waals surface area contributed by atoms with E-state index in [2.05, 4.69) is 29.2 Å². The Kier molecular flexibility index (Phi) is 2.26. The average Bonchev–Trinajstić information content (AvgIpc) is 2.89. The molecule has 0 spiro atoms. The number of aryl methyl sites for hydroxylation is 1. The van der Waals surface area contributed by atoms with Gasteiger partial charge in [-0.05, 0) is 48.6 Å². The van der Waals surface area contributed by atoms with Crippen LogP contribution in [0, 0.1) is 11.8 Å². The molecule has 1 heterocycles. The number of amides is 1. The van der Waals surface area contributed by atoms with Crippen molar-refractivity contribution in [3.05, 3.63) is 35.4 Å². The highest BCUT2D eigenvalue weighted by molar-refractivity contribution is 5.84. The molecule has 2 nitrogen and oxygen atoms in total. The summed E-state index contributed by atoms with van der Waals surface area (Å²) in [4.78, 5) is 14.6. The third-order valence-corrected chi connectivity index (χ3v) is 5.03. The molecule has 3 aliphatic rings. The second-order valence-corrected chi connectivity index (χ2v) is 5.99. The quantitative estimate of drug-likeness (QED) is 0.740. The van der Waals surface area contributed by atoms with Crippen LogP contribution < -0.4 is 0 Å². The molecule has 0 bridgehead atoms. The van der Waals surface area contributed by atoms with E-state index in [1.54, 1.807) is 0 Å². The van der Waals surface area contributed by atoms with Crippen LogP contribution in [0.2, 0.25) is 0 Å². The summed E-state index contributed by atoms with van der Waals surface area (Å²) in [5.41, 5.74) is 2.95. The van der Waals surface area contributed by atoms with Crippen LogP contribution in [0.1, 0.15) is 36.3 Å². The highest BCUT2D eigenvalue weighted by Gasteiger charge is 2.57. The van der Waals surface area contributed by atoms with E-state index >= 15 is 0 Å². The predicted molar refractivity (Wildman–Crippen MR) is 70.3 cm³/mol. The molecule has 1 saturated heterocycles. The Labute approximate surface area is 108 Å². The van der Waals surface area contributed by atoms with Crippen LogP contribution in [0.3, 0.4) is 0 Å². The zero-order valence-electron chi connectivity index (χ0n) is 10.6. The van der Waals surface area contributed by atoms with Crippen molar-refractivity contribution in [3.8, 4) is 0 Å². The molecule has 0 radical (unpaired) electrons. The summed E-state index contributed by atoms with van der Waals surface area (Å²) in [7, 11) is 0. The van der Waals surface area contributed by atoms with Crippen LogP contribution in [0.5, 0.6) is 0 Å². The van der Waals surface area contributed by atoms with Crippen molar-refractivity contribution in [2.75, 3.05) is 13.1 Å². The highest BCUT2D eigenvalue weighted by Crippen LogP contribution is 2.60. The van der Waals surface area contributed by atoms with E-state index in [9.17, 15) is 4.79 Å². The van der Waals surface area contributed by atoms with Gasteiger partial charge in [0.05, 0.1) is 0 Å². The lowest BCUT2D eigenvalue weighted by atomic mass is 9.92. The molecule has 1 saturated carbocycles. The average molecular weight is 241 g/mol. The van der Waals surface area contributed by atoms with E-state index in [-0.39, 0.29) is 0 Å². The molecular formula is C16H19NO. The topological polar surface area (TPSA) is 20.3 Å². The van der Waals surface area contributed by atoms with Crippen LogP contribution in [0.25, 0.3) is 0 Å². The van der Waals surface area contributed by atoms with Gasteiger partial charge in [0.1, 0.15) is 0 Å². The number of carbonyl (C=O) groups excluding carboxylic acids is 1. The maximum atomic E-state index is 12.5. The van der Waals surface area contributed by atoms with Gasteiger partial charge in [0.2, 0.25) is 5.91 Å². The van der Waals surface area contributed by atoms with E-state index in [1.165, 1.54) is 36.8 Å². The number of nitrogens with zero attached hydrogens (tertiary/aromatic N) is 1. The van der Waals surface area contributed by atoms with E-state index in [0.29, 0.717) is 23.7 Å². The minimum Gasteiger partial charge on any atom is -0.342 e. The molecule has 2 fully saturated rings. The summed E-state index contributed by atoms with van der Waals surface area (Å²) in [6.07, 6.45) is 4.78. The first-order chi connectivity index (χ1) is 8.86. The number of likely N-dealkylation sites (tertiary alicyclic amines) is 1. The van der Waals surface area contributed by atoms with Gasteiger partial charge in [-0.1, -0.05) is 24.3 Å². The van der Waals surface area contributed by atoms with Gasteiger partial charge >= 0.3 is 0 Å². The van der Waals surface area contributed by atoms with E-state index in [4.69, 9.17) is 0 Å². The molecule has 2 aliphatic carbocycles. The van der Waals surface area contributed by atoms with E-state index in [1.807, 2.05) is 0 Å². The standard InChI is InChI=1S/C16H19NO/c18-16(17-9-3-4-10-17)15-13-8-7-11-5-1-2-6-12(11)14(13)15/h1-2,5-6,13-15H,3-4,7-10H2. The molecule has 1 aromatic carbocycles. The molecule has 0 aromatic heterocycles. The maximum Gasteiger partial charge on any atom is 0.226 e. The maximum absolute atomic E-state index is 12.5. The van der Waals surface area contributed by atoms with Crippen molar-refractivity contribution >= 4 is 5.91 Å². The zero-order chi connectivity index (χ0) is 12.1. The summed E-state index contributed by atoms with van der Waals surface area (Å²) < 4.78 is 0. The van der Waals surface area contributed by atoms with Gasteiger partial charge in [0.15, 0.2) is 0 Å². The molecule has 1 aromatic rings.